The molecule has 0 N–H and O–H groups in total. The predicted molar refractivity (Wildman–Crippen MR) is 89.0 cm³/mol. The molecule has 0 fully saturated rings. The van der Waals surface area contributed by atoms with Crippen molar-refractivity contribution in [2.24, 2.45) is 5.92 Å². The fraction of sp³-hybridized carbons (Fsp3) is 0.842. The van der Waals surface area contributed by atoms with E-state index < -0.39 is 5.97 Å². The Morgan fingerprint density at radius 1 is 0.864 bits per heavy atom. The van der Waals surface area contributed by atoms with Crippen molar-refractivity contribution in [3.8, 4) is 0 Å². The molecule has 0 aromatic rings. The van der Waals surface area contributed by atoms with Crippen LogP contribution in [0, 0.1) is 5.92 Å². The third-order valence-electron chi connectivity index (χ3n) is 4.05. The third-order valence-corrected chi connectivity index (χ3v) is 4.05. The Balaban J connectivity index is 0. The topological polar surface area (TPSA) is 40.1 Å². The summed E-state index contributed by atoms with van der Waals surface area (Å²) in [7, 11) is 0. The average molecular weight is 335 g/mol. The summed E-state index contributed by atoms with van der Waals surface area (Å²) in [6.07, 6.45) is 20.6. The van der Waals surface area contributed by atoms with Gasteiger partial charge in [0.2, 0.25) is 0 Å². The Kier molecular flexibility index (Phi) is 22.7. The second-order valence-electron chi connectivity index (χ2n) is 6.24. The molecule has 0 rings (SSSR count). The summed E-state index contributed by atoms with van der Waals surface area (Å²) in [6.45, 7) is 3.99. The first-order chi connectivity index (χ1) is 10.2. The summed E-state index contributed by atoms with van der Waals surface area (Å²) >= 11 is 0. The minimum atomic E-state index is -0.910. The van der Waals surface area contributed by atoms with Gasteiger partial charge in [0.1, 0.15) is 0 Å². The zero-order valence-corrected chi connectivity index (χ0v) is 18.4. The van der Waals surface area contributed by atoms with E-state index in [1.54, 1.807) is 6.92 Å². The maximum Gasteiger partial charge on any atom is 1.00 e. The second-order valence-corrected chi connectivity index (χ2v) is 6.24. The van der Waals surface area contributed by atoms with Crippen LogP contribution in [0.3, 0.4) is 0 Å². The van der Waals surface area contributed by atoms with Crippen LogP contribution >= 0.6 is 0 Å². The van der Waals surface area contributed by atoms with E-state index in [0.717, 1.165) is 19.3 Å². The van der Waals surface area contributed by atoms with Crippen molar-refractivity contribution in [2.75, 3.05) is 0 Å². The predicted octanol–water partition coefficient (Wildman–Crippen LogP) is 2.02. The van der Waals surface area contributed by atoms with Crippen molar-refractivity contribution in [2.45, 2.75) is 97.3 Å². The molecule has 0 amide bonds. The Bertz CT molecular complexity index is 264. The van der Waals surface area contributed by atoms with Gasteiger partial charge in [0, 0.05) is 5.97 Å². The zero-order valence-electron chi connectivity index (χ0n) is 15.2. The van der Waals surface area contributed by atoms with Crippen molar-refractivity contribution in [1.82, 2.24) is 0 Å². The molecule has 0 saturated heterocycles. The summed E-state index contributed by atoms with van der Waals surface area (Å²) in [6, 6.07) is 0. The van der Waals surface area contributed by atoms with Crippen LogP contribution in [0.25, 0.3) is 0 Å². The quantitative estimate of drug-likeness (QED) is 0.261. The molecule has 0 radical (unpaired) electrons. The Labute approximate surface area is 180 Å². The van der Waals surface area contributed by atoms with Crippen LogP contribution in [0.4, 0.5) is 0 Å². The molecule has 0 aliphatic carbocycles. The smallest absolute Gasteiger partial charge is 0.550 e. The van der Waals surface area contributed by atoms with Crippen LogP contribution in [0.15, 0.2) is 12.2 Å². The summed E-state index contributed by atoms with van der Waals surface area (Å²) in [5, 5.41) is 10.5. The summed E-state index contributed by atoms with van der Waals surface area (Å²) in [4.78, 5) is 10.5. The number of aliphatic carboxylic acids is 1. The largest absolute Gasteiger partial charge is 1.00 e. The zero-order chi connectivity index (χ0) is 15.8. The SMILES string of the molecule is CCCCCCCC/C=C/CCCCCCC(C)C(=O)[O-].[K+]. The number of carboxylic acids is 1. The molecular weight excluding hydrogens is 299 g/mol. The van der Waals surface area contributed by atoms with Crippen LogP contribution in [-0.2, 0) is 4.79 Å². The Morgan fingerprint density at radius 3 is 1.82 bits per heavy atom. The van der Waals surface area contributed by atoms with Crippen molar-refractivity contribution >= 4 is 5.97 Å². The first-order valence-electron chi connectivity index (χ1n) is 9.04. The summed E-state index contributed by atoms with van der Waals surface area (Å²) in [5.41, 5.74) is 0. The van der Waals surface area contributed by atoms with Gasteiger partial charge >= 0.3 is 51.4 Å². The van der Waals surface area contributed by atoms with Gasteiger partial charge in [-0.1, -0.05) is 77.4 Å². The Morgan fingerprint density at radius 2 is 1.32 bits per heavy atom. The normalized spacial score (nSPS) is 12.3. The van der Waals surface area contributed by atoms with Gasteiger partial charge in [0.25, 0.3) is 0 Å². The molecule has 22 heavy (non-hydrogen) atoms. The van der Waals surface area contributed by atoms with Gasteiger partial charge in [0.05, 0.1) is 0 Å². The van der Waals surface area contributed by atoms with Gasteiger partial charge in [-0.2, -0.15) is 0 Å². The summed E-state index contributed by atoms with van der Waals surface area (Å²) < 4.78 is 0. The molecule has 1 unspecified atom stereocenters. The number of allylic oxidation sites excluding steroid dienone is 2. The standard InChI is InChI=1S/C19H36O2.K/c1-3-4-5-6-7-8-9-10-11-12-13-14-15-16-17-18(2)19(20)21;/h10-11,18H,3-9,12-17H2,1-2H3,(H,20,21);/q;+1/p-1/b11-10+;. The van der Waals surface area contributed by atoms with E-state index >= 15 is 0 Å². The maximum absolute atomic E-state index is 10.5. The molecule has 0 bridgehead atoms. The number of carbonyl (C=O) groups excluding carboxylic acids is 1. The van der Waals surface area contributed by atoms with E-state index in [-0.39, 0.29) is 57.3 Å². The molecule has 2 nitrogen and oxygen atoms in total. The fourth-order valence-corrected chi connectivity index (χ4v) is 2.46. The van der Waals surface area contributed by atoms with Crippen molar-refractivity contribution in [3.63, 3.8) is 0 Å². The molecule has 3 heteroatoms. The third kappa shape index (κ3) is 18.9. The number of hydrogen-bond donors (Lipinski definition) is 0. The van der Waals surface area contributed by atoms with Crippen molar-refractivity contribution in [1.29, 1.82) is 0 Å². The molecule has 0 spiro atoms. The van der Waals surface area contributed by atoms with Crippen LogP contribution < -0.4 is 56.5 Å². The first-order valence-corrected chi connectivity index (χ1v) is 9.04. The fourth-order valence-electron chi connectivity index (χ4n) is 2.46. The minimum absolute atomic E-state index is 0. The van der Waals surface area contributed by atoms with Crippen LogP contribution in [-0.4, -0.2) is 5.97 Å². The average Bonchev–Trinajstić information content (AvgIpc) is 2.47. The molecule has 1 atom stereocenters. The maximum atomic E-state index is 10.5. The van der Waals surface area contributed by atoms with E-state index in [1.807, 2.05) is 0 Å². The number of carboxylic acid groups (broad SMARTS) is 1. The Hall–Kier alpha value is 0.846. The van der Waals surface area contributed by atoms with Gasteiger partial charge in [0.15, 0.2) is 0 Å². The first kappa shape index (κ1) is 25.1. The minimum Gasteiger partial charge on any atom is -0.550 e. The molecule has 124 valence electrons. The molecule has 0 saturated carbocycles. The molecular formula is C19H35KO2. The van der Waals surface area contributed by atoms with Gasteiger partial charge in [-0.3, -0.25) is 0 Å². The number of unbranched alkanes of at least 4 members (excludes halogenated alkanes) is 10. The van der Waals surface area contributed by atoms with Crippen molar-refractivity contribution < 1.29 is 61.3 Å². The van der Waals surface area contributed by atoms with Crippen LogP contribution in [0.1, 0.15) is 97.3 Å². The van der Waals surface area contributed by atoms with E-state index in [2.05, 4.69) is 19.1 Å². The summed E-state index contributed by atoms with van der Waals surface area (Å²) in [5.74, 6) is -1.20. The van der Waals surface area contributed by atoms with Gasteiger partial charge in [-0.25, -0.2) is 0 Å². The number of carbonyl (C=O) groups is 1. The van der Waals surface area contributed by atoms with Gasteiger partial charge < -0.3 is 9.90 Å². The van der Waals surface area contributed by atoms with E-state index in [9.17, 15) is 9.90 Å². The molecule has 0 heterocycles. The second kappa shape index (κ2) is 19.9. The number of hydrogen-bond acceptors (Lipinski definition) is 2. The molecule has 0 aliphatic rings. The molecule has 0 aromatic heterocycles. The molecule has 0 aromatic carbocycles. The van der Waals surface area contributed by atoms with E-state index in [1.165, 1.54) is 64.2 Å². The molecule has 0 aliphatic heterocycles. The van der Waals surface area contributed by atoms with Gasteiger partial charge in [-0.15, -0.1) is 0 Å². The monoisotopic (exact) mass is 334 g/mol. The van der Waals surface area contributed by atoms with Crippen molar-refractivity contribution in [3.05, 3.63) is 12.2 Å². The van der Waals surface area contributed by atoms with Crippen LogP contribution in [0.2, 0.25) is 0 Å². The number of rotatable bonds is 15. The van der Waals surface area contributed by atoms with Gasteiger partial charge in [-0.05, 0) is 38.0 Å². The van der Waals surface area contributed by atoms with Crippen LogP contribution in [0.5, 0.6) is 0 Å². The van der Waals surface area contributed by atoms with E-state index in [0.29, 0.717) is 0 Å². The van der Waals surface area contributed by atoms with E-state index in [4.69, 9.17) is 0 Å².